The zero-order chi connectivity index (χ0) is 19.0. The molecule has 0 aliphatic carbocycles. The number of aryl methyl sites for hydroxylation is 1. The van der Waals surface area contributed by atoms with Crippen molar-refractivity contribution >= 4 is 21.1 Å². The SMILES string of the molecule is Cn1c(=O)oc2ccc(S(=O)(=O)N3CCN(Cc4ccccc4)CC3)cc21. The molecular formula is C19H21N3O4S. The highest BCUT2D eigenvalue weighted by atomic mass is 32.2. The summed E-state index contributed by atoms with van der Waals surface area (Å²) >= 11 is 0. The van der Waals surface area contributed by atoms with Crippen molar-refractivity contribution in [3.8, 4) is 0 Å². The molecule has 2 aromatic carbocycles. The molecule has 0 bridgehead atoms. The molecular weight excluding hydrogens is 366 g/mol. The third kappa shape index (κ3) is 3.43. The van der Waals surface area contributed by atoms with Gasteiger partial charge in [-0.25, -0.2) is 13.2 Å². The third-order valence-electron chi connectivity index (χ3n) is 4.98. The topological polar surface area (TPSA) is 75.8 Å². The molecule has 0 N–H and O–H groups in total. The van der Waals surface area contributed by atoms with E-state index in [9.17, 15) is 13.2 Å². The average Bonchev–Trinajstić information content (AvgIpc) is 2.97. The standard InChI is InChI=1S/C19H21N3O4S/c1-20-17-13-16(7-8-18(17)26-19(20)23)27(24,25)22-11-9-21(10-12-22)14-15-5-3-2-4-6-15/h2-8,13H,9-12,14H2,1H3. The second-order valence-electron chi connectivity index (χ2n) is 6.72. The van der Waals surface area contributed by atoms with Gasteiger partial charge in [0.05, 0.1) is 10.4 Å². The molecule has 3 aromatic rings. The van der Waals surface area contributed by atoms with E-state index in [2.05, 4.69) is 17.0 Å². The summed E-state index contributed by atoms with van der Waals surface area (Å²) in [6, 6.07) is 14.7. The zero-order valence-corrected chi connectivity index (χ0v) is 15.9. The molecule has 0 radical (unpaired) electrons. The van der Waals surface area contributed by atoms with Crippen molar-refractivity contribution in [3.05, 3.63) is 64.6 Å². The van der Waals surface area contributed by atoms with E-state index in [0.29, 0.717) is 37.3 Å². The number of nitrogens with zero attached hydrogens (tertiary/aromatic N) is 3. The summed E-state index contributed by atoms with van der Waals surface area (Å²) in [5.74, 6) is -0.505. The van der Waals surface area contributed by atoms with Crippen LogP contribution in [0, 0.1) is 0 Å². The molecule has 1 fully saturated rings. The van der Waals surface area contributed by atoms with Crippen LogP contribution in [0.25, 0.3) is 11.1 Å². The van der Waals surface area contributed by atoms with Crippen LogP contribution in [0.2, 0.25) is 0 Å². The van der Waals surface area contributed by atoms with Crippen LogP contribution in [0.4, 0.5) is 0 Å². The quantitative estimate of drug-likeness (QED) is 0.680. The molecule has 1 aliphatic heterocycles. The molecule has 7 nitrogen and oxygen atoms in total. The van der Waals surface area contributed by atoms with Gasteiger partial charge in [-0.15, -0.1) is 0 Å². The van der Waals surface area contributed by atoms with E-state index in [1.54, 1.807) is 7.05 Å². The summed E-state index contributed by atoms with van der Waals surface area (Å²) < 4.78 is 33.9. The number of fused-ring (bicyclic) bond motifs is 1. The highest BCUT2D eigenvalue weighted by Gasteiger charge is 2.29. The minimum absolute atomic E-state index is 0.183. The molecule has 142 valence electrons. The van der Waals surface area contributed by atoms with Crippen LogP contribution in [-0.2, 0) is 23.6 Å². The van der Waals surface area contributed by atoms with Crippen LogP contribution in [-0.4, -0.2) is 48.4 Å². The number of hydrogen-bond donors (Lipinski definition) is 0. The minimum Gasteiger partial charge on any atom is -0.408 e. The van der Waals surface area contributed by atoms with Gasteiger partial charge in [0.15, 0.2) is 5.58 Å². The van der Waals surface area contributed by atoms with Gasteiger partial charge in [-0.1, -0.05) is 30.3 Å². The Morgan fingerprint density at radius 2 is 1.70 bits per heavy atom. The summed E-state index contributed by atoms with van der Waals surface area (Å²) in [4.78, 5) is 14.1. The number of rotatable bonds is 4. The van der Waals surface area contributed by atoms with Gasteiger partial charge < -0.3 is 4.42 Å². The Morgan fingerprint density at radius 1 is 1.00 bits per heavy atom. The van der Waals surface area contributed by atoms with Crippen LogP contribution in [0.15, 0.2) is 62.6 Å². The number of aromatic nitrogens is 1. The maximum Gasteiger partial charge on any atom is 0.419 e. The van der Waals surface area contributed by atoms with Crippen LogP contribution in [0.3, 0.4) is 0 Å². The number of sulfonamides is 1. The van der Waals surface area contributed by atoms with E-state index in [0.717, 1.165) is 6.54 Å². The largest absolute Gasteiger partial charge is 0.419 e. The van der Waals surface area contributed by atoms with Gasteiger partial charge in [0.2, 0.25) is 10.0 Å². The number of oxazole rings is 1. The summed E-state index contributed by atoms with van der Waals surface area (Å²) in [5.41, 5.74) is 2.08. The van der Waals surface area contributed by atoms with E-state index < -0.39 is 15.8 Å². The lowest BCUT2D eigenvalue weighted by Crippen LogP contribution is -2.48. The first-order valence-electron chi connectivity index (χ1n) is 8.81. The zero-order valence-electron chi connectivity index (χ0n) is 15.0. The molecule has 0 unspecified atom stereocenters. The van der Waals surface area contributed by atoms with E-state index in [4.69, 9.17) is 4.42 Å². The molecule has 0 saturated carbocycles. The van der Waals surface area contributed by atoms with Crippen LogP contribution >= 0.6 is 0 Å². The summed E-state index contributed by atoms with van der Waals surface area (Å²) in [6.45, 7) is 3.06. The summed E-state index contributed by atoms with van der Waals surface area (Å²) in [5, 5.41) is 0. The van der Waals surface area contributed by atoms with Gasteiger partial charge in [-0.05, 0) is 23.8 Å². The highest BCUT2D eigenvalue weighted by molar-refractivity contribution is 7.89. The predicted octanol–water partition coefficient (Wildman–Crippen LogP) is 1.64. The van der Waals surface area contributed by atoms with Crippen LogP contribution < -0.4 is 5.76 Å². The Kier molecular flexibility index (Phi) is 4.63. The Labute approximate surface area is 157 Å². The summed E-state index contributed by atoms with van der Waals surface area (Å²) in [6.07, 6.45) is 0. The second-order valence-corrected chi connectivity index (χ2v) is 8.66. The Hall–Kier alpha value is -2.42. The first-order valence-corrected chi connectivity index (χ1v) is 10.3. The fraction of sp³-hybridized carbons (Fsp3) is 0.316. The molecule has 0 atom stereocenters. The van der Waals surface area contributed by atoms with Crippen molar-refractivity contribution < 1.29 is 12.8 Å². The number of piperazine rings is 1. The molecule has 0 amide bonds. The van der Waals surface area contributed by atoms with E-state index in [1.807, 2.05) is 18.2 Å². The number of benzene rings is 2. The Bertz CT molecular complexity index is 1110. The first kappa shape index (κ1) is 18.0. The predicted molar refractivity (Wildman–Crippen MR) is 102 cm³/mol. The van der Waals surface area contributed by atoms with Gasteiger partial charge >= 0.3 is 5.76 Å². The third-order valence-corrected chi connectivity index (χ3v) is 6.88. The van der Waals surface area contributed by atoms with E-state index in [-0.39, 0.29) is 4.90 Å². The Morgan fingerprint density at radius 3 is 2.41 bits per heavy atom. The lowest BCUT2D eigenvalue weighted by Gasteiger charge is -2.34. The van der Waals surface area contributed by atoms with Gasteiger partial charge in [0, 0.05) is 39.8 Å². The van der Waals surface area contributed by atoms with E-state index >= 15 is 0 Å². The van der Waals surface area contributed by atoms with Gasteiger partial charge in [0.1, 0.15) is 0 Å². The van der Waals surface area contributed by atoms with Gasteiger partial charge in [-0.3, -0.25) is 9.47 Å². The molecule has 2 heterocycles. The van der Waals surface area contributed by atoms with Crippen LogP contribution in [0.5, 0.6) is 0 Å². The van der Waals surface area contributed by atoms with Crippen molar-refractivity contribution in [3.63, 3.8) is 0 Å². The van der Waals surface area contributed by atoms with Crippen molar-refractivity contribution in [2.24, 2.45) is 7.05 Å². The van der Waals surface area contributed by atoms with Crippen molar-refractivity contribution in [2.45, 2.75) is 11.4 Å². The molecule has 0 spiro atoms. The minimum atomic E-state index is -3.61. The lowest BCUT2D eigenvalue weighted by atomic mass is 10.2. The fourth-order valence-electron chi connectivity index (χ4n) is 3.39. The first-order chi connectivity index (χ1) is 12.9. The highest BCUT2D eigenvalue weighted by Crippen LogP contribution is 2.22. The smallest absolute Gasteiger partial charge is 0.408 e. The molecule has 4 rings (SSSR count). The monoisotopic (exact) mass is 387 g/mol. The lowest BCUT2D eigenvalue weighted by molar-refractivity contribution is 0.181. The number of hydrogen-bond acceptors (Lipinski definition) is 5. The molecule has 1 saturated heterocycles. The second kappa shape index (κ2) is 6.95. The van der Waals surface area contributed by atoms with Gasteiger partial charge in [-0.2, -0.15) is 4.31 Å². The molecule has 8 heteroatoms. The van der Waals surface area contributed by atoms with E-state index in [1.165, 1.54) is 32.6 Å². The molecule has 1 aliphatic rings. The maximum absolute atomic E-state index is 13.0. The van der Waals surface area contributed by atoms with Crippen molar-refractivity contribution in [2.75, 3.05) is 26.2 Å². The average molecular weight is 387 g/mol. The van der Waals surface area contributed by atoms with Crippen molar-refractivity contribution in [1.29, 1.82) is 0 Å². The maximum atomic E-state index is 13.0. The summed E-state index contributed by atoms with van der Waals surface area (Å²) in [7, 11) is -2.05. The normalized spacial score (nSPS) is 16.8. The van der Waals surface area contributed by atoms with Gasteiger partial charge in [0.25, 0.3) is 0 Å². The Balaban J connectivity index is 1.50. The van der Waals surface area contributed by atoms with Crippen LogP contribution in [0.1, 0.15) is 5.56 Å². The van der Waals surface area contributed by atoms with Crippen molar-refractivity contribution in [1.82, 2.24) is 13.8 Å². The molecule has 1 aromatic heterocycles. The molecule has 27 heavy (non-hydrogen) atoms. The fourth-order valence-corrected chi connectivity index (χ4v) is 4.83.